The van der Waals surface area contributed by atoms with Gasteiger partial charge in [0.2, 0.25) is 31.2 Å². The van der Waals surface area contributed by atoms with E-state index in [0.29, 0.717) is 32.1 Å². The Morgan fingerprint density at radius 3 is 1.87 bits per heavy atom. The minimum Gasteiger partial charge on any atom is -0.726 e. The van der Waals surface area contributed by atoms with Crippen LogP contribution in [0.4, 0.5) is 0 Å². The quantitative estimate of drug-likeness (QED) is 0.0721. The number of aliphatic hydroxyl groups excluding tert-OH is 3. The molecule has 0 radical (unpaired) electrons. The van der Waals surface area contributed by atoms with Crippen LogP contribution in [0, 0.1) is 86.3 Å². The standard InChI is InChI=1S/C55H88O17S3.3Na/c1-28(34-11-13-36-32-21-44(70-73(60,61)62)40-23-41(56)46(72-75(66,67)68)26-53(40,8)38(32)16-18-51(34,36)6)10-15-47-55(59)24-31(50(4,5)27-55)20-43(69-47)29(2)35-12-14-37-33-22-45(71-74(63,64)65)48-30(3)49(58)42(57)25-54(48,9)39(33)17-19-52(35,37)7;;;/h28-31,34-35,37-38,40-49,56-59H,10-27H2,1-9H3,(H,60,61,62)(H,63,64,65)(H,66,67,68);;;/q;3*+1/p-3/t28-,29+,30-,31-,34-,35-,37+,38+,40-,41-,42+,43-,44+,45+,46+,47+,48-,49-,51-,52-,53-,54-,55-;;;/m1.../s1. The molecule has 4 N–H and O–H groups in total. The number of allylic oxidation sites excluding steroid dienone is 2. The summed E-state index contributed by atoms with van der Waals surface area (Å²) in [6.45, 7) is 19.6. The molecule has 1 saturated heterocycles. The van der Waals surface area contributed by atoms with Crippen molar-refractivity contribution in [1.82, 2.24) is 0 Å². The van der Waals surface area contributed by atoms with Gasteiger partial charge in [-0.15, -0.1) is 0 Å². The van der Waals surface area contributed by atoms with Crippen molar-refractivity contribution in [3.05, 3.63) is 22.3 Å². The zero-order valence-electron chi connectivity index (χ0n) is 48.4. The molecule has 10 rings (SSSR count). The van der Waals surface area contributed by atoms with Gasteiger partial charge in [-0.25, -0.2) is 25.3 Å². The summed E-state index contributed by atoms with van der Waals surface area (Å²) in [6.07, 6.45) is 3.67. The Kier molecular flexibility index (Phi) is 20.0. The Labute approximate surface area is 531 Å². The van der Waals surface area contributed by atoms with E-state index in [1.54, 1.807) is 0 Å². The summed E-state index contributed by atoms with van der Waals surface area (Å²) in [5.74, 6) is -0.463. The zero-order valence-corrected chi connectivity index (χ0v) is 56.9. The van der Waals surface area contributed by atoms with Gasteiger partial charge in [0, 0.05) is 5.92 Å². The van der Waals surface area contributed by atoms with Gasteiger partial charge in [0.15, 0.2) is 0 Å². The number of hydrogen-bond donors (Lipinski definition) is 4. The Hall–Kier alpha value is 1.89. The summed E-state index contributed by atoms with van der Waals surface area (Å²) >= 11 is 0. The molecular formula is C55H85Na3O17S3. The van der Waals surface area contributed by atoms with Crippen molar-refractivity contribution in [2.75, 3.05) is 0 Å². The summed E-state index contributed by atoms with van der Waals surface area (Å²) in [5.41, 5.74) is 1.63. The van der Waals surface area contributed by atoms with Crippen LogP contribution in [0.15, 0.2) is 22.3 Å². The second kappa shape index (κ2) is 23.1. The average molecular weight is 1180 g/mol. The Balaban J connectivity index is 0.00000294. The van der Waals surface area contributed by atoms with Crippen molar-refractivity contribution in [2.45, 2.75) is 232 Å². The third-order valence-electron chi connectivity index (χ3n) is 24.0. The van der Waals surface area contributed by atoms with E-state index in [-0.39, 0.29) is 178 Å². The van der Waals surface area contributed by atoms with Crippen LogP contribution in [0.1, 0.15) is 178 Å². The van der Waals surface area contributed by atoms with Gasteiger partial charge in [-0.1, -0.05) is 84.6 Å². The molecule has 0 aromatic carbocycles. The van der Waals surface area contributed by atoms with Gasteiger partial charge in [0.05, 0.1) is 48.3 Å². The molecule has 23 atom stereocenters. The first-order chi connectivity index (χ1) is 34.5. The van der Waals surface area contributed by atoms with Crippen molar-refractivity contribution in [2.24, 2.45) is 86.3 Å². The number of fused-ring (bicyclic) bond motifs is 10. The topological polar surface area (TPSA) is 289 Å². The van der Waals surface area contributed by atoms with E-state index < -0.39 is 108 Å². The van der Waals surface area contributed by atoms with Crippen LogP contribution in [-0.4, -0.2) is 114 Å². The first-order valence-corrected chi connectivity index (χ1v) is 32.3. The molecular weight excluding hydrogens is 1100 g/mol. The molecule has 17 nitrogen and oxygen atoms in total. The number of ether oxygens (including phenoxy) is 1. The SMILES string of the molecule is C[C@H]1[C@@H](O)[C@@H](O)C[C@]2(C)C3=C(C[C@H](OS(=O)(=O)[O-])[C@@H]12)[C@@H]1CC[C@H]([C@H](C)[C@H]2C[C@@H]4C[C@@](O)(CC4(C)C)[C@H](CC[C@@H](C)[C@H]4CCC5=C6C[C@H](OS(=O)(=O)[O-])[C@H]7C[C@@H](O)[C@@H](OS(=O)(=O)[O-])C[C@]7(C)[C@H]6CC[C@@]54C)O2)[C@@]1(C)CC3.[Na+].[Na+].[Na+]. The third kappa shape index (κ3) is 11.9. The van der Waals surface area contributed by atoms with E-state index in [4.69, 9.17) is 17.3 Å². The normalized spacial score (nSPS) is 47.5. The van der Waals surface area contributed by atoms with E-state index in [2.05, 4.69) is 48.5 Å². The molecule has 10 aliphatic rings. The average Bonchev–Trinajstić information content (AvgIpc) is 3.85. The molecule has 2 bridgehead atoms. The first-order valence-electron chi connectivity index (χ1n) is 28.3. The first kappa shape index (κ1) is 67.4. The predicted octanol–water partition coefficient (Wildman–Crippen LogP) is -1.87. The van der Waals surface area contributed by atoms with E-state index >= 15 is 0 Å². The molecule has 78 heavy (non-hydrogen) atoms. The van der Waals surface area contributed by atoms with E-state index in [9.17, 15) is 59.3 Å². The van der Waals surface area contributed by atoms with Crippen LogP contribution < -0.4 is 88.7 Å². The molecule has 0 aromatic heterocycles. The summed E-state index contributed by atoms with van der Waals surface area (Å²) in [6, 6.07) is 0. The maximum Gasteiger partial charge on any atom is 1.00 e. The summed E-state index contributed by atoms with van der Waals surface area (Å²) in [7, 11) is -15.4. The molecule has 0 amide bonds. The fraction of sp³-hybridized carbons (Fsp3) is 0.927. The van der Waals surface area contributed by atoms with Gasteiger partial charge in [-0.05, 0) is 196 Å². The monoisotopic (exact) mass is 1180 g/mol. The molecule has 1 aliphatic heterocycles. The molecule has 428 valence electrons. The molecule has 1 heterocycles. The summed E-state index contributed by atoms with van der Waals surface area (Å²) in [5, 5.41) is 45.9. The molecule has 0 unspecified atom stereocenters. The van der Waals surface area contributed by atoms with Gasteiger partial charge in [0.1, 0.15) is 6.10 Å². The van der Waals surface area contributed by atoms with Gasteiger partial charge in [-0.2, -0.15) is 0 Å². The van der Waals surface area contributed by atoms with Crippen molar-refractivity contribution in [1.29, 1.82) is 0 Å². The van der Waals surface area contributed by atoms with Gasteiger partial charge < -0.3 is 38.8 Å². The number of hydrogen-bond acceptors (Lipinski definition) is 17. The van der Waals surface area contributed by atoms with Crippen LogP contribution in [-0.2, 0) is 48.5 Å². The van der Waals surface area contributed by atoms with Gasteiger partial charge >= 0.3 is 88.7 Å². The smallest absolute Gasteiger partial charge is 0.726 e. The maximum absolute atomic E-state index is 12.8. The molecule has 0 spiro atoms. The molecule has 0 aromatic rings. The van der Waals surface area contributed by atoms with Crippen LogP contribution in [0.3, 0.4) is 0 Å². The fourth-order valence-corrected chi connectivity index (χ4v) is 22.3. The second-order valence-electron chi connectivity index (χ2n) is 28.1. The third-order valence-corrected chi connectivity index (χ3v) is 25.5. The van der Waals surface area contributed by atoms with Crippen LogP contribution in [0.25, 0.3) is 0 Å². The fourth-order valence-electron chi connectivity index (χ4n) is 20.8. The molecule has 6 saturated carbocycles. The van der Waals surface area contributed by atoms with Crippen molar-refractivity contribution >= 4 is 31.2 Å². The van der Waals surface area contributed by atoms with Crippen LogP contribution in [0.2, 0.25) is 0 Å². The van der Waals surface area contributed by atoms with E-state index in [0.717, 1.165) is 68.9 Å². The van der Waals surface area contributed by atoms with Crippen LogP contribution >= 0.6 is 0 Å². The zero-order chi connectivity index (χ0) is 54.8. The predicted molar refractivity (Wildman–Crippen MR) is 271 cm³/mol. The van der Waals surface area contributed by atoms with E-state index in [1.165, 1.54) is 11.1 Å². The van der Waals surface area contributed by atoms with Crippen LogP contribution in [0.5, 0.6) is 0 Å². The number of aliphatic hydroxyl groups is 4. The maximum atomic E-state index is 12.8. The Morgan fingerprint density at radius 2 is 1.24 bits per heavy atom. The largest absolute Gasteiger partial charge is 1.00 e. The van der Waals surface area contributed by atoms with Crippen molar-refractivity contribution < 1.29 is 165 Å². The second-order valence-corrected chi connectivity index (χ2v) is 31.1. The van der Waals surface area contributed by atoms with Gasteiger partial charge in [0.25, 0.3) is 0 Å². The summed E-state index contributed by atoms with van der Waals surface area (Å²) in [4.78, 5) is 0. The molecule has 9 aliphatic carbocycles. The Morgan fingerprint density at radius 1 is 0.667 bits per heavy atom. The minimum absolute atomic E-state index is 0. The van der Waals surface area contributed by atoms with E-state index in [1.807, 2.05) is 13.8 Å². The summed E-state index contributed by atoms with van der Waals surface area (Å²) < 4.78 is 132. The number of rotatable bonds is 12. The molecule has 7 fully saturated rings. The van der Waals surface area contributed by atoms with Crippen molar-refractivity contribution in [3.63, 3.8) is 0 Å². The molecule has 23 heteroatoms. The van der Waals surface area contributed by atoms with Crippen molar-refractivity contribution in [3.8, 4) is 0 Å². The minimum atomic E-state index is -5.16. The Bertz CT molecular complexity index is 2670. The van der Waals surface area contributed by atoms with Gasteiger partial charge in [-0.3, -0.25) is 12.5 Å².